The molecule has 0 saturated heterocycles. The highest BCUT2D eigenvalue weighted by molar-refractivity contribution is 5.98. The van der Waals surface area contributed by atoms with Gasteiger partial charge in [0.15, 0.2) is 0 Å². The van der Waals surface area contributed by atoms with Gasteiger partial charge < -0.3 is 9.64 Å². The summed E-state index contributed by atoms with van der Waals surface area (Å²) in [5, 5.41) is 0. The number of rotatable bonds is 5. The van der Waals surface area contributed by atoms with Gasteiger partial charge in [0.1, 0.15) is 5.75 Å². The van der Waals surface area contributed by atoms with Gasteiger partial charge in [-0.05, 0) is 42.2 Å². The predicted molar refractivity (Wildman–Crippen MR) is 82.5 cm³/mol. The number of fused-ring (bicyclic) bond motifs is 1. The molecule has 0 radical (unpaired) electrons. The van der Waals surface area contributed by atoms with E-state index in [1.165, 1.54) is 5.56 Å². The van der Waals surface area contributed by atoms with Crippen LogP contribution in [0.1, 0.15) is 27.9 Å². The van der Waals surface area contributed by atoms with Crippen LogP contribution in [0.25, 0.3) is 0 Å². The fraction of sp³-hybridized carbons (Fsp3) is 0.278. The minimum Gasteiger partial charge on any atom is -0.497 e. The highest BCUT2D eigenvalue weighted by Crippen LogP contribution is 2.22. The van der Waals surface area contributed by atoms with E-state index in [9.17, 15) is 4.79 Å². The quantitative estimate of drug-likeness (QED) is 0.841. The SMILES string of the molecule is COc1ccc(CCCN2Cc3ccccc3C2=O)cc1. The normalized spacial score (nSPS) is 13.4. The zero-order chi connectivity index (χ0) is 14.7. The molecule has 21 heavy (non-hydrogen) atoms. The summed E-state index contributed by atoms with van der Waals surface area (Å²) in [4.78, 5) is 14.2. The summed E-state index contributed by atoms with van der Waals surface area (Å²) in [7, 11) is 1.67. The van der Waals surface area contributed by atoms with E-state index in [0.29, 0.717) is 0 Å². The van der Waals surface area contributed by atoms with Gasteiger partial charge in [-0.15, -0.1) is 0 Å². The summed E-state index contributed by atoms with van der Waals surface area (Å²) in [6.45, 7) is 1.55. The molecule has 3 nitrogen and oxygen atoms in total. The van der Waals surface area contributed by atoms with Crippen LogP contribution in [0.4, 0.5) is 0 Å². The highest BCUT2D eigenvalue weighted by Gasteiger charge is 2.25. The van der Waals surface area contributed by atoms with Gasteiger partial charge in [0.05, 0.1) is 7.11 Å². The first-order valence-corrected chi connectivity index (χ1v) is 7.28. The molecule has 0 aliphatic carbocycles. The molecule has 0 atom stereocenters. The second kappa shape index (κ2) is 6.00. The molecule has 2 aromatic rings. The molecule has 2 aromatic carbocycles. The zero-order valence-electron chi connectivity index (χ0n) is 12.2. The Balaban J connectivity index is 1.53. The van der Waals surface area contributed by atoms with E-state index in [0.717, 1.165) is 42.8 Å². The van der Waals surface area contributed by atoms with Crippen molar-refractivity contribution in [1.29, 1.82) is 0 Å². The Kier molecular flexibility index (Phi) is 3.91. The molecule has 0 unspecified atom stereocenters. The number of benzene rings is 2. The van der Waals surface area contributed by atoms with Crippen molar-refractivity contribution in [3.8, 4) is 5.75 Å². The Hall–Kier alpha value is -2.29. The lowest BCUT2D eigenvalue weighted by molar-refractivity contribution is 0.0777. The molecule has 3 heteroatoms. The van der Waals surface area contributed by atoms with Crippen molar-refractivity contribution in [2.24, 2.45) is 0 Å². The molecule has 0 saturated carbocycles. The van der Waals surface area contributed by atoms with Gasteiger partial charge in [-0.2, -0.15) is 0 Å². The van der Waals surface area contributed by atoms with E-state index >= 15 is 0 Å². The molecule has 1 heterocycles. The Morgan fingerprint density at radius 1 is 1.10 bits per heavy atom. The van der Waals surface area contributed by atoms with E-state index in [2.05, 4.69) is 12.1 Å². The third-order valence-corrected chi connectivity index (χ3v) is 3.95. The minimum absolute atomic E-state index is 0.167. The number of methoxy groups -OCH3 is 1. The van der Waals surface area contributed by atoms with Crippen molar-refractivity contribution < 1.29 is 9.53 Å². The number of carbonyl (C=O) groups excluding carboxylic acids is 1. The van der Waals surface area contributed by atoms with Crippen molar-refractivity contribution in [3.63, 3.8) is 0 Å². The van der Waals surface area contributed by atoms with Crippen LogP contribution in [0.3, 0.4) is 0 Å². The highest BCUT2D eigenvalue weighted by atomic mass is 16.5. The topological polar surface area (TPSA) is 29.5 Å². The average Bonchev–Trinajstić information content (AvgIpc) is 2.85. The lowest BCUT2D eigenvalue weighted by atomic mass is 10.1. The standard InChI is InChI=1S/C18H19NO2/c1-21-16-10-8-14(9-11-16)5-4-12-19-13-15-6-2-3-7-17(15)18(19)20/h2-3,6-11H,4-5,12-13H2,1H3. The van der Waals surface area contributed by atoms with Gasteiger partial charge >= 0.3 is 0 Å². The number of hydrogen-bond acceptors (Lipinski definition) is 2. The summed E-state index contributed by atoms with van der Waals surface area (Å²) in [6, 6.07) is 16.0. The zero-order valence-corrected chi connectivity index (χ0v) is 12.2. The van der Waals surface area contributed by atoms with Crippen LogP contribution in [0, 0.1) is 0 Å². The average molecular weight is 281 g/mol. The van der Waals surface area contributed by atoms with Crippen LogP contribution < -0.4 is 4.74 Å². The number of hydrogen-bond donors (Lipinski definition) is 0. The van der Waals surface area contributed by atoms with E-state index in [-0.39, 0.29) is 5.91 Å². The van der Waals surface area contributed by atoms with E-state index in [1.54, 1.807) is 7.11 Å². The molecule has 0 fully saturated rings. The van der Waals surface area contributed by atoms with Crippen molar-refractivity contribution in [3.05, 3.63) is 65.2 Å². The van der Waals surface area contributed by atoms with Gasteiger partial charge in [0.25, 0.3) is 5.91 Å². The van der Waals surface area contributed by atoms with E-state index < -0.39 is 0 Å². The number of nitrogens with zero attached hydrogens (tertiary/aromatic N) is 1. The minimum atomic E-state index is 0.167. The molecular formula is C18H19NO2. The van der Waals surface area contributed by atoms with Crippen LogP contribution in [0.5, 0.6) is 5.75 Å². The molecule has 1 aliphatic heterocycles. The molecule has 0 aromatic heterocycles. The fourth-order valence-corrected chi connectivity index (χ4v) is 2.76. The van der Waals surface area contributed by atoms with Crippen LogP contribution in [-0.2, 0) is 13.0 Å². The number of ether oxygens (including phenoxy) is 1. The predicted octanol–water partition coefficient (Wildman–Crippen LogP) is 3.28. The molecule has 0 N–H and O–H groups in total. The van der Waals surface area contributed by atoms with Gasteiger partial charge in [-0.1, -0.05) is 30.3 Å². The van der Waals surface area contributed by atoms with Crippen LogP contribution in [0.2, 0.25) is 0 Å². The summed E-state index contributed by atoms with van der Waals surface area (Å²) in [5.74, 6) is 1.05. The monoisotopic (exact) mass is 281 g/mol. The maximum atomic E-state index is 12.2. The van der Waals surface area contributed by atoms with Gasteiger partial charge in [0, 0.05) is 18.7 Å². The lowest BCUT2D eigenvalue weighted by Gasteiger charge is -2.15. The van der Waals surface area contributed by atoms with Gasteiger partial charge in [-0.25, -0.2) is 0 Å². The maximum absolute atomic E-state index is 12.2. The first-order valence-electron chi connectivity index (χ1n) is 7.28. The first-order chi connectivity index (χ1) is 10.3. The summed E-state index contributed by atoms with van der Waals surface area (Å²) in [5.41, 5.74) is 3.29. The molecule has 1 amide bonds. The maximum Gasteiger partial charge on any atom is 0.254 e. The summed E-state index contributed by atoms with van der Waals surface area (Å²) >= 11 is 0. The molecule has 1 aliphatic rings. The number of aryl methyl sites for hydroxylation is 1. The van der Waals surface area contributed by atoms with E-state index in [1.807, 2.05) is 41.3 Å². The third-order valence-electron chi connectivity index (χ3n) is 3.95. The largest absolute Gasteiger partial charge is 0.497 e. The van der Waals surface area contributed by atoms with Crippen molar-refractivity contribution in [2.75, 3.05) is 13.7 Å². The first kappa shape index (κ1) is 13.7. The summed E-state index contributed by atoms with van der Waals surface area (Å²) in [6.07, 6.45) is 1.95. The fourth-order valence-electron chi connectivity index (χ4n) is 2.76. The number of amides is 1. The lowest BCUT2D eigenvalue weighted by Crippen LogP contribution is -2.25. The molecule has 0 spiro atoms. The Morgan fingerprint density at radius 3 is 2.57 bits per heavy atom. The third kappa shape index (κ3) is 2.92. The van der Waals surface area contributed by atoms with Crippen LogP contribution >= 0.6 is 0 Å². The second-order valence-corrected chi connectivity index (χ2v) is 5.34. The van der Waals surface area contributed by atoms with E-state index in [4.69, 9.17) is 4.74 Å². The molecule has 3 rings (SSSR count). The van der Waals surface area contributed by atoms with Crippen LogP contribution in [0.15, 0.2) is 48.5 Å². The molecule has 0 bridgehead atoms. The van der Waals surface area contributed by atoms with Gasteiger partial charge in [-0.3, -0.25) is 4.79 Å². The Bertz CT molecular complexity index is 634. The van der Waals surface area contributed by atoms with Crippen molar-refractivity contribution >= 4 is 5.91 Å². The summed E-state index contributed by atoms with van der Waals surface area (Å²) < 4.78 is 5.15. The second-order valence-electron chi connectivity index (χ2n) is 5.34. The van der Waals surface area contributed by atoms with Gasteiger partial charge in [0.2, 0.25) is 0 Å². The van der Waals surface area contributed by atoms with Crippen LogP contribution in [-0.4, -0.2) is 24.5 Å². The molecular weight excluding hydrogens is 262 g/mol. The molecule has 108 valence electrons. The van der Waals surface area contributed by atoms with Crippen molar-refractivity contribution in [1.82, 2.24) is 4.90 Å². The smallest absolute Gasteiger partial charge is 0.254 e. The Labute approximate surface area is 125 Å². The van der Waals surface area contributed by atoms with Crippen molar-refractivity contribution in [2.45, 2.75) is 19.4 Å². The Morgan fingerprint density at radius 2 is 1.86 bits per heavy atom. The number of carbonyl (C=O) groups is 1.